The molecule has 0 saturated heterocycles. The summed E-state index contributed by atoms with van der Waals surface area (Å²) in [6, 6.07) is 2.84. The lowest BCUT2D eigenvalue weighted by molar-refractivity contribution is -0.118. The molecule has 0 aliphatic carbocycles. The Morgan fingerprint density at radius 3 is 2.70 bits per heavy atom. The summed E-state index contributed by atoms with van der Waals surface area (Å²) in [6.07, 6.45) is 6.38. The van der Waals surface area contributed by atoms with E-state index in [1.807, 2.05) is 20.8 Å². The van der Waals surface area contributed by atoms with Crippen molar-refractivity contribution in [3.8, 4) is 0 Å². The maximum Gasteiger partial charge on any atom is 0.256 e. The number of nitrogens with one attached hydrogen (secondary N) is 3. The zero-order valence-electron chi connectivity index (χ0n) is 15.8. The van der Waals surface area contributed by atoms with Crippen molar-refractivity contribution in [2.75, 3.05) is 11.9 Å². The van der Waals surface area contributed by atoms with Crippen molar-refractivity contribution in [3.63, 3.8) is 0 Å². The molecule has 7 heteroatoms. The molecule has 27 heavy (non-hydrogen) atoms. The molecule has 2 heterocycles. The van der Waals surface area contributed by atoms with E-state index in [1.54, 1.807) is 18.2 Å². The van der Waals surface area contributed by atoms with E-state index in [9.17, 15) is 14.0 Å². The van der Waals surface area contributed by atoms with Gasteiger partial charge in [-0.2, -0.15) is 0 Å². The third kappa shape index (κ3) is 4.49. The number of rotatable bonds is 4. The van der Waals surface area contributed by atoms with Gasteiger partial charge in [0, 0.05) is 36.0 Å². The van der Waals surface area contributed by atoms with Crippen molar-refractivity contribution in [2.45, 2.75) is 27.7 Å². The maximum atomic E-state index is 14.4. The van der Waals surface area contributed by atoms with Crippen LogP contribution in [0.2, 0.25) is 0 Å². The van der Waals surface area contributed by atoms with E-state index in [0.29, 0.717) is 28.1 Å². The van der Waals surface area contributed by atoms with Crippen LogP contribution in [0.25, 0.3) is 17.7 Å². The fourth-order valence-corrected chi connectivity index (χ4v) is 2.62. The number of hydrogen-bond donors (Lipinski definition) is 3. The lowest BCUT2D eigenvalue weighted by atomic mass is 9.98. The normalized spacial score (nSPS) is 14.0. The molecule has 3 rings (SSSR count). The van der Waals surface area contributed by atoms with Crippen molar-refractivity contribution in [3.05, 3.63) is 52.9 Å². The van der Waals surface area contributed by atoms with Gasteiger partial charge in [-0.15, -0.1) is 0 Å². The molecule has 0 radical (unpaired) electrons. The number of nitrogens with zero attached hydrogens (tertiary/aromatic N) is 1. The summed E-state index contributed by atoms with van der Waals surface area (Å²) in [6.45, 7) is 7.52. The number of hydrogen-bond acceptors (Lipinski definition) is 3. The molecule has 1 aromatic heterocycles. The molecule has 0 saturated carbocycles. The van der Waals surface area contributed by atoms with Crippen molar-refractivity contribution < 1.29 is 14.0 Å². The van der Waals surface area contributed by atoms with Crippen molar-refractivity contribution in [2.24, 2.45) is 0 Å². The highest BCUT2D eigenvalue weighted by atomic mass is 19.1. The van der Waals surface area contributed by atoms with Crippen LogP contribution < -0.4 is 10.6 Å². The Kier molecular flexibility index (Phi) is 6.65. The van der Waals surface area contributed by atoms with Gasteiger partial charge in [-0.05, 0) is 25.1 Å². The molecule has 6 nitrogen and oxygen atoms in total. The Morgan fingerprint density at radius 2 is 2.07 bits per heavy atom. The molecule has 0 fully saturated rings. The number of carbonyl (C=O) groups is 2. The molecule has 1 aliphatic heterocycles. The highest BCUT2D eigenvalue weighted by Gasteiger charge is 2.28. The van der Waals surface area contributed by atoms with Crippen molar-refractivity contribution >= 4 is 35.2 Å². The summed E-state index contributed by atoms with van der Waals surface area (Å²) in [5.41, 5.74) is 3.12. The average Bonchev–Trinajstić information content (AvgIpc) is 3.19. The Balaban J connectivity index is 0.00000126. The van der Waals surface area contributed by atoms with E-state index in [1.165, 1.54) is 25.4 Å². The van der Waals surface area contributed by atoms with Gasteiger partial charge in [-0.1, -0.05) is 26.0 Å². The van der Waals surface area contributed by atoms with Crippen LogP contribution in [0, 0.1) is 12.7 Å². The largest absolute Gasteiger partial charge is 0.353 e. The summed E-state index contributed by atoms with van der Waals surface area (Å²) >= 11 is 0. The number of anilines is 1. The van der Waals surface area contributed by atoms with E-state index in [0.717, 1.165) is 5.69 Å². The molecule has 0 unspecified atom stereocenters. The minimum absolute atomic E-state index is 0.171. The zero-order valence-corrected chi connectivity index (χ0v) is 15.8. The number of amides is 2. The summed E-state index contributed by atoms with van der Waals surface area (Å²) < 4.78 is 14.4. The average molecular weight is 370 g/mol. The Hall–Kier alpha value is -3.22. The van der Waals surface area contributed by atoms with E-state index < -0.39 is 5.82 Å². The summed E-state index contributed by atoms with van der Waals surface area (Å²) in [7, 11) is 0. The van der Waals surface area contributed by atoms with Gasteiger partial charge in [0.2, 0.25) is 5.91 Å². The molecular weight excluding hydrogens is 347 g/mol. The number of aryl methyl sites for hydroxylation is 1. The molecule has 2 amide bonds. The van der Waals surface area contributed by atoms with Gasteiger partial charge in [0.05, 0.1) is 17.6 Å². The number of aromatic amines is 1. The lowest BCUT2D eigenvalue weighted by Gasteiger charge is -2.06. The minimum atomic E-state index is -0.445. The van der Waals surface area contributed by atoms with Gasteiger partial charge in [-0.25, -0.2) is 9.37 Å². The first-order valence-electron chi connectivity index (χ1n) is 8.74. The molecule has 0 atom stereocenters. The van der Waals surface area contributed by atoms with Gasteiger partial charge in [0.15, 0.2) is 0 Å². The third-order valence-corrected chi connectivity index (χ3v) is 3.86. The summed E-state index contributed by atoms with van der Waals surface area (Å²) in [5.74, 6) is -0.923. The number of benzene rings is 1. The molecule has 3 N–H and O–H groups in total. The third-order valence-electron chi connectivity index (χ3n) is 3.86. The molecule has 0 bridgehead atoms. The standard InChI is InChI=1S/C18H17FN4O2.C2H6/c1-10-16(22-9-21-10)8-13-17-12(4-3-7-20-11(2)24)14(19)5-6-15(17)23-18(13)25;1-2/h3-6,8-9H,7H2,1-2H3,(H,20,24)(H,21,22)(H,23,25);1-2H3/b4-3?,13-8-;. The molecule has 0 spiro atoms. The van der Waals surface area contributed by atoms with Crippen LogP contribution in [-0.2, 0) is 9.59 Å². The summed E-state index contributed by atoms with van der Waals surface area (Å²) in [4.78, 5) is 30.4. The Labute approximate surface area is 157 Å². The predicted octanol–water partition coefficient (Wildman–Crippen LogP) is 3.53. The van der Waals surface area contributed by atoms with Crippen LogP contribution in [0.5, 0.6) is 0 Å². The van der Waals surface area contributed by atoms with Crippen LogP contribution in [0.4, 0.5) is 10.1 Å². The quantitative estimate of drug-likeness (QED) is 0.720. The minimum Gasteiger partial charge on any atom is -0.353 e. The van der Waals surface area contributed by atoms with Crippen LogP contribution in [0.1, 0.15) is 43.3 Å². The topological polar surface area (TPSA) is 86.9 Å². The van der Waals surface area contributed by atoms with E-state index in [4.69, 9.17) is 0 Å². The second kappa shape index (κ2) is 8.93. The maximum absolute atomic E-state index is 14.4. The van der Waals surface area contributed by atoms with E-state index in [2.05, 4.69) is 20.6 Å². The monoisotopic (exact) mass is 370 g/mol. The van der Waals surface area contributed by atoms with Gasteiger partial charge >= 0.3 is 0 Å². The smallest absolute Gasteiger partial charge is 0.256 e. The Bertz CT molecular complexity index is 913. The van der Waals surface area contributed by atoms with E-state index in [-0.39, 0.29) is 18.4 Å². The zero-order chi connectivity index (χ0) is 20.0. The van der Waals surface area contributed by atoms with Crippen molar-refractivity contribution in [1.29, 1.82) is 0 Å². The number of aromatic nitrogens is 2. The number of halogens is 1. The fourth-order valence-electron chi connectivity index (χ4n) is 2.62. The van der Waals surface area contributed by atoms with Gasteiger partial charge < -0.3 is 15.6 Å². The predicted molar refractivity (Wildman–Crippen MR) is 105 cm³/mol. The molecular formula is C20H23FN4O2. The second-order valence-electron chi connectivity index (χ2n) is 5.65. The number of imidazole rings is 1. The van der Waals surface area contributed by atoms with Gasteiger partial charge in [0.25, 0.3) is 5.91 Å². The first kappa shape index (κ1) is 20.1. The van der Waals surface area contributed by atoms with Crippen LogP contribution in [0.3, 0.4) is 0 Å². The van der Waals surface area contributed by atoms with Gasteiger partial charge in [0.1, 0.15) is 5.82 Å². The van der Waals surface area contributed by atoms with Crippen LogP contribution in [0.15, 0.2) is 24.5 Å². The number of H-pyrrole nitrogens is 1. The molecule has 1 aromatic carbocycles. The van der Waals surface area contributed by atoms with Crippen LogP contribution in [-0.4, -0.2) is 28.3 Å². The SMILES string of the molecule is CC.CC(=O)NCC=Cc1c(F)ccc2c1/C(=C/c1nc[nH]c1C)C(=O)N2. The second-order valence-corrected chi connectivity index (χ2v) is 5.65. The number of fused-ring (bicyclic) bond motifs is 1. The Morgan fingerprint density at radius 1 is 1.33 bits per heavy atom. The summed E-state index contributed by atoms with van der Waals surface area (Å²) in [5, 5.41) is 5.35. The fraction of sp³-hybridized carbons (Fsp3) is 0.250. The molecule has 2 aromatic rings. The highest BCUT2D eigenvalue weighted by Crippen LogP contribution is 2.37. The first-order chi connectivity index (χ1) is 13.0. The molecule has 142 valence electrons. The molecule has 1 aliphatic rings. The lowest BCUT2D eigenvalue weighted by Crippen LogP contribution is -2.19. The number of carbonyl (C=O) groups excluding carboxylic acids is 2. The van der Waals surface area contributed by atoms with Gasteiger partial charge in [-0.3, -0.25) is 9.59 Å². The highest BCUT2D eigenvalue weighted by molar-refractivity contribution is 6.35. The first-order valence-corrected chi connectivity index (χ1v) is 8.74. The van der Waals surface area contributed by atoms with Crippen molar-refractivity contribution in [1.82, 2.24) is 15.3 Å². The van der Waals surface area contributed by atoms with Crippen LogP contribution >= 0.6 is 0 Å². The van der Waals surface area contributed by atoms with E-state index >= 15 is 0 Å².